The van der Waals surface area contributed by atoms with E-state index in [2.05, 4.69) is 14.9 Å². The van der Waals surface area contributed by atoms with Crippen molar-refractivity contribution in [2.45, 2.75) is 12.5 Å². The minimum atomic E-state index is 0.213. The molecule has 0 bridgehead atoms. The van der Waals surface area contributed by atoms with E-state index in [0.29, 0.717) is 5.95 Å². The van der Waals surface area contributed by atoms with Gasteiger partial charge in [0.2, 0.25) is 5.95 Å². The van der Waals surface area contributed by atoms with E-state index < -0.39 is 0 Å². The lowest BCUT2D eigenvalue weighted by Crippen LogP contribution is -2.27. The van der Waals surface area contributed by atoms with Crippen LogP contribution in [0.5, 0.6) is 0 Å². The van der Waals surface area contributed by atoms with Crippen molar-refractivity contribution in [1.29, 1.82) is 0 Å². The van der Waals surface area contributed by atoms with Crippen molar-refractivity contribution >= 4 is 23.9 Å². The highest BCUT2D eigenvalue weighted by Crippen LogP contribution is 2.20. The highest BCUT2D eigenvalue weighted by Gasteiger charge is 2.20. The quantitative estimate of drug-likeness (QED) is 0.896. The van der Waals surface area contributed by atoms with E-state index >= 15 is 0 Å². The van der Waals surface area contributed by atoms with Crippen molar-refractivity contribution < 1.29 is 0 Å². The van der Waals surface area contributed by atoms with E-state index in [1.54, 1.807) is 0 Å². The number of nitrogens with zero attached hydrogens (tertiary/aromatic N) is 3. The molecule has 1 aliphatic rings. The summed E-state index contributed by atoms with van der Waals surface area (Å²) in [7, 11) is 0. The first-order valence-electron chi connectivity index (χ1n) is 7.09. The first-order valence-corrected chi connectivity index (χ1v) is 7.09. The second-order valence-electron chi connectivity index (χ2n) is 5.25. The second-order valence-corrected chi connectivity index (χ2v) is 5.25. The average Bonchev–Trinajstić information content (AvgIpc) is 2.92. The fourth-order valence-corrected chi connectivity index (χ4v) is 2.46. The third kappa shape index (κ3) is 3.38. The summed E-state index contributed by atoms with van der Waals surface area (Å²) in [4.78, 5) is 10.7. The van der Waals surface area contributed by atoms with Crippen molar-refractivity contribution in [2.24, 2.45) is 5.73 Å². The molecule has 5 nitrogen and oxygen atoms in total. The maximum atomic E-state index is 5.94. The third-order valence-electron chi connectivity index (χ3n) is 3.54. The van der Waals surface area contributed by atoms with Crippen LogP contribution in [0, 0.1) is 0 Å². The van der Waals surface area contributed by atoms with Crippen LogP contribution in [0.3, 0.4) is 0 Å². The molecule has 0 saturated carbocycles. The largest absolute Gasteiger partial charge is 0.368 e. The highest BCUT2D eigenvalue weighted by molar-refractivity contribution is 5.69. The summed E-state index contributed by atoms with van der Waals surface area (Å²) in [6, 6.07) is 12.3. The van der Waals surface area contributed by atoms with E-state index in [1.165, 1.54) is 0 Å². The lowest BCUT2D eigenvalue weighted by Gasteiger charge is -2.17. The molecule has 1 atom stereocenters. The van der Waals surface area contributed by atoms with Gasteiger partial charge in [0.25, 0.3) is 0 Å². The molecule has 3 rings (SSSR count). The Morgan fingerprint density at radius 2 is 1.95 bits per heavy atom. The van der Waals surface area contributed by atoms with Crippen molar-refractivity contribution in [2.75, 3.05) is 23.7 Å². The molecule has 2 aromatic rings. The standard InChI is InChI=1S/C16H19N5/c17-13-8-9-21(11-13)15-10-14(19-16(18)20-15)7-6-12-4-2-1-3-5-12/h1-7,10,13H,8-9,11,17H2,(H2,18,19,20). The van der Waals surface area contributed by atoms with E-state index in [0.717, 1.165) is 36.6 Å². The molecule has 5 heteroatoms. The first kappa shape index (κ1) is 13.6. The van der Waals surface area contributed by atoms with Crippen molar-refractivity contribution in [3.63, 3.8) is 0 Å². The number of aromatic nitrogens is 2. The van der Waals surface area contributed by atoms with Gasteiger partial charge in [-0.1, -0.05) is 36.4 Å². The predicted molar refractivity (Wildman–Crippen MR) is 86.6 cm³/mol. The van der Waals surface area contributed by atoms with Gasteiger partial charge in [0.15, 0.2) is 0 Å². The molecule has 1 unspecified atom stereocenters. The van der Waals surface area contributed by atoms with E-state index in [1.807, 2.05) is 48.6 Å². The van der Waals surface area contributed by atoms with Gasteiger partial charge in [-0.15, -0.1) is 0 Å². The maximum Gasteiger partial charge on any atom is 0.222 e. The van der Waals surface area contributed by atoms with Crippen molar-refractivity contribution in [1.82, 2.24) is 9.97 Å². The molecule has 1 aliphatic heterocycles. The minimum Gasteiger partial charge on any atom is -0.368 e. The number of nitrogens with two attached hydrogens (primary N) is 2. The zero-order valence-electron chi connectivity index (χ0n) is 11.8. The second kappa shape index (κ2) is 5.93. The Hall–Kier alpha value is -2.40. The van der Waals surface area contributed by atoms with Crippen LogP contribution in [0.1, 0.15) is 17.7 Å². The number of rotatable bonds is 3. The Morgan fingerprint density at radius 1 is 1.14 bits per heavy atom. The van der Waals surface area contributed by atoms with Crippen LogP contribution >= 0.6 is 0 Å². The smallest absolute Gasteiger partial charge is 0.222 e. The normalized spacial score (nSPS) is 18.5. The van der Waals surface area contributed by atoms with Gasteiger partial charge in [0.1, 0.15) is 5.82 Å². The summed E-state index contributed by atoms with van der Waals surface area (Å²) in [6.45, 7) is 1.73. The van der Waals surface area contributed by atoms with Gasteiger partial charge in [-0.05, 0) is 18.1 Å². The number of anilines is 2. The molecule has 1 saturated heterocycles. The molecule has 0 aliphatic carbocycles. The lowest BCUT2D eigenvalue weighted by molar-refractivity contribution is 0.751. The topological polar surface area (TPSA) is 81.1 Å². The van der Waals surface area contributed by atoms with Crippen LogP contribution in [0.25, 0.3) is 12.2 Å². The molecule has 1 aromatic carbocycles. The van der Waals surface area contributed by atoms with Crippen LogP contribution in [-0.4, -0.2) is 29.1 Å². The molecule has 1 aromatic heterocycles. The van der Waals surface area contributed by atoms with E-state index in [-0.39, 0.29) is 6.04 Å². The molecule has 0 radical (unpaired) electrons. The Balaban J connectivity index is 1.83. The van der Waals surface area contributed by atoms with Crippen molar-refractivity contribution in [3.05, 3.63) is 47.7 Å². The SMILES string of the molecule is Nc1nc(C=Cc2ccccc2)cc(N2CCC(N)C2)n1. The van der Waals surface area contributed by atoms with Gasteiger partial charge in [0.05, 0.1) is 5.69 Å². The Bertz CT molecular complexity index is 638. The predicted octanol–water partition coefficient (Wildman–Crippen LogP) is 1.77. The van der Waals surface area contributed by atoms with E-state index in [4.69, 9.17) is 11.5 Å². The molecule has 1 fully saturated rings. The summed E-state index contributed by atoms with van der Waals surface area (Å²) in [5.74, 6) is 1.14. The minimum absolute atomic E-state index is 0.213. The van der Waals surface area contributed by atoms with Crippen LogP contribution in [0.2, 0.25) is 0 Å². The summed E-state index contributed by atoms with van der Waals surface area (Å²) in [5.41, 5.74) is 13.7. The Labute approximate surface area is 124 Å². The third-order valence-corrected chi connectivity index (χ3v) is 3.54. The average molecular weight is 281 g/mol. The van der Waals surface area contributed by atoms with Crippen LogP contribution in [0.4, 0.5) is 11.8 Å². The van der Waals surface area contributed by atoms with Crippen LogP contribution < -0.4 is 16.4 Å². The zero-order valence-corrected chi connectivity index (χ0v) is 11.8. The Morgan fingerprint density at radius 3 is 2.67 bits per heavy atom. The monoisotopic (exact) mass is 281 g/mol. The zero-order chi connectivity index (χ0) is 14.7. The van der Waals surface area contributed by atoms with Gasteiger partial charge in [-0.2, -0.15) is 4.98 Å². The van der Waals surface area contributed by atoms with Crippen LogP contribution in [0.15, 0.2) is 36.4 Å². The Kier molecular flexibility index (Phi) is 3.83. The molecular weight excluding hydrogens is 262 g/mol. The summed E-state index contributed by atoms with van der Waals surface area (Å²) >= 11 is 0. The van der Waals surface area contributed by atoms with Gasteiger partial charge in [-0.25, -0.2) is 4.98 Å². The molecule has 108 valence electrons. The highest BCUT2D eigenvalue weighted by atomic mass is 15.2. The number of benzene rings is 1. The molecule has 4 N–H and O–H groups in total. The summed E-state index contributed by atoms with van der Waals surface area (Å²) in [5, 5.41) is 0. The van der Waals surface area contributed by atoms with Gasteiger partial charge in [0, 0.05) is 25.2 Å². The molecule has 2 heterocycles. The number of hydrogen-bond acceptors (Lipinski definition) is 5. The van der Waals surface area contributed by atoms with E-state index in [9.17, 15) is 0 Å². The maximum absolute atomic E-state index is 5.94. The molecular formula is C16H19N5. The number of hydrogen-bond donors (Lipinski definition) is 2. The molecule has 0 amide bonds. The van der Waals surface area contributed by atoms with Crippen molar-refractivity contribution in [3.8, 4) is 0 Å². The summed E-state index contributed by atoms with van der Waals surface area (Å²) < 4.78 is 0. The lowest BCUT2D eigenvalue weighted by atomic mass is 10.2. The number of nitrogen functional groups attached to an aromatic ring is 1. The summed E-state index contributed by atoms with van der Waals surface area (Å²) in [6.07, 6.45) is 4.95. The van der Waals surface area contributed by atoms with Gasteiger partial charge >= 0.3 is 0 Å². The first-order chi connectivity index (χ1) is 10.2. The molecule has 0 spiro atoms. The van der Waals surface area contributed by atoms with Gasteiger partial charge in [-0.3, -0.25) is 0 Å². The van der Waals surface area contributed by atoms with Gasteiger partial charge < -0.3 is 16.4 Å². The fraction of sp³-hybridized carbons (Fsp3) is 0.250. The van der Waals surface area contributed by atoms with Crippen LogP contribution in [-0.2, 0) is 0 Å². The molecule has 21 heavy (non-hydrogen) atoms. The fourth-order valence-electron chi connectivity index (χ4n) is 2.46.